The van der Waals surface area contributed by atoms with Gasteiger partial charge in [-0.3, -0.25) is 0 Å². The Hall–Kier alpha value is -8.93. The van der Waals surface area contributed by atoms with E-state index in [1.165, 1.54) is 66.8 Å². The average Bonchev–Trinajstić information content (AvgIpc) is 3.75. The minimum Gasteiger partial charge on any atom is -0.237 e. The number of aromatic nitrogens is 5. The van der Waals surface area contributed by atoms with Crippen molar-refractivity contribution in [2.24, 2.45) is 0 Å². The van der Waals surface area contributed by atoms with Crippen LogP contribution in [0.3, 0.4) is 0 Å². The maximum Gasteiger partial charge on any atom is 0.164 e. The molecule has 69 heavy (non-hydrogen) atoms. The maximum absolute atomic E-state index is 5.37. The van der Waals surface area contributed by atoms with Crippen LogP contribution in [0.1, 0.15) is 67.5 Å². The molecule has 2 atom stereocenters. The first-order valence-electron chi connectivity index (χ1n) is 23.6. The Labute approximate surface area is 400 Å². The van der Waals surface area contributed by atoms with Gasteiger partial charge in [0.1, 0.15) is 0 Å². The summed E-state index contributed by atoms with van der Waals surface area (Å²) in [6, 6.07) is 81.0. The number of nitrogens with zero attached hydrogens (tertiary/aromatic N) is 5. The molecule has 11 aromatic rings. The molecule has 4 aliphatic carbocycles. The molecule has 0 fully saturated rings. The number of hydrogen-bond donors (Lipinski definition) is 0. The molecule has 4 aliphatic rings. The molecular formula is C64H41N5. The van der Waals surface area contributed by atoms with Gasteiger partial charge in [0.2, 0.25) is 0 Å². The lowest BCUT2D eigenvalue weighted by Gasteiger charge is -2.42. The van der Waals surface area contributed by atoms with Crippen molar-refractivity contribution in [1.82, 2.24) is 24.9 Å². The van der Waals surface area contributed by atoms with E-state index in [-0.39, 0.29) is 11.8 Å². The van der Waals surface area contributed by atoms with Crippen LogP contribution in [0.4, 0.5) is 0 Å². The zero-order chi connectivity index (χ0) is 45.5. The molecule has 9 aromatic carbocycles. The highest BCUT2D eigenvalue weighted by Crippen LogP contribution is 2.59. The normalized spacial score (nSPS) is 15.4. The van der Waals surface area contributed by atoms with Crippen LogP contribution in [0, 0.1) is 0 Å². The fraction of sp³-hybridized carbons (Fsp3) is 0.0469. The summed E-state index contributed by atoms with van der Waals surface area (Å²) in [4.78, 5) is 25.0. The van der Waals surface area contributed by atoms with E-state index in [1.54, 1.807) is 0 Å². The van der Waals surface area contributed by atoms with Crippen LogP contribution in [0.5, 0.6) is 0 Å². The molecule has 5 heteroatoms. The first-order valence-corrected chi connectivity index (χ1v) is 23.6. The third-order valence-corrected chi connectivity index (χ3v) is 14.7. The molecular weight excluding hydrogens is 839 g/mol. The lowest BCUT2D eigenvalue weighted by molar-refractivity contribution is 0.755. The van der Waals surface area contributed by atoms with Gasteiger partial charge in [0.05, 0.1) is 5.41 Å². The molecule has 15 rings (SSSR count). The highest BCUT2D eigenvalue weighted by atomic mass is 15.0. The molecule has 322 valence electrons. The Bertz CT molecular complexity index is 3740. The number of hydrogen-bond acceptors (Lipinski definition) is 5. The van der Waals surface area contributed by atoms with Gasteiger partial charge < -0.3 is 0 Å². The third kappa shape index (κ3) is 6.00. The molecule has 0 radical (unpaired) electrons. The Morgan fingerprint density at radius 2 is 0.754 bits per heavy atom. The van der Waals surface area contributed by atoms with Crippen molar-refractivity contribution in [3.05, 3.63) is 292 Å². The van der Waals surface area contributed by atoms with Gasteiger partial charge in [-0.15, -0.1) is 0 Å². The molecule has 0 spiro atoms. The molecule has 2 heterocycles. The fourth-order valence-corrected chi connectivity index (χ4v) is 11.8. The molecule has 0 amide bonds. The Balaban J connectivity index is 0.877. The minimum absolute atomic E-state index is 0.137. The summed E-state index contributed by atoms with van der Waals surface area (Å²) in [7, 11) is 0. The lowest BCUT2D eigenvalue weighted by atomic mass is 9.60. The Morgan fingerprint density at radius 1 is 0.290 bits per heavy atom. The number of rotatable bonds is 7. The smallest absolute Gasteiger partial charge is 0.164 e. The first kappa shape index (κ1) is 39.3. The Kier molecular flexibility index (Phi) is 8.86. The van der Waals surface area contributed by atoms with Crippen molar-refractivity contribution in [1.29, 1.82) is 0 Å². The van der Waals surface area contributed by atoms with Crippen LogP contribution < -0.4 is 0 Å². The monoisotopic (exact) mass is 879 g/mol. The van der Waals surface area contributed by atoms with E-state index >= 15 is 0 Å². The van der Waals surface area contributed by atoms with Gasteiger partial charge in [-0.1, -0.05) is 206 Å². The minimum atomic E-state index is -0.539. The van der Waals surface area contributed by atoms with Gasteiger partial charge in [-0.25, -0.2) is 24.9 Å². The molecule has 0 saturated carbocycles. The van der Waals surface area contributed by atoms with E-state index in [4.69, 9.17) is 15.0 Å². The summed E-state index contributed by atoms with van der Waals surface area (Å²) >= 11 is 0. The van der Waals surface area contributed by atoms with Crippen molar-refractivity contribution >= 4 is 0 Å². The summed E-state index contributed by atoms with van der Waals surface area (Å²) in [6.45, 7) is 0. The van der Waals surface area contributed by atoms with Gasteiger partial charge in [0, 0.05) is 46.5 Å². The summed E-state index contributed by atoms with van der Waals surface area (Å²) in [6.07, 6.45) is 3.62. The second kappa shape index (κ2) is 15.6. The quantitative estimate of drug-likeness (QED) is 0.160. The predicted octanol–water partition coefficient (Wildman–Crippen LogP) is 14.3. The van der Waals surface area contributed by atoms with Crippen LogP contribution in [-0.2, 0) is 5.41 Å². The van der Waals surface area contributed by atoms with Gasteiger partial charge in [0.15, 0.2) is 23.3 Å². The zero-order valence-corrected chi connectivity index (χ0v) is 37.4. The summed E-state index contributed by atoms with van der Waals surface area (Å²) in [5.41, 5.74) is 21.1. The second-order valence-corrected chi connectivity index (χ2v) is 18.3. The van der Waals surface area contributed by atoms with E-state index < -0.39 is 5.41 Å². The van der Waals surface area contributed by atoms with Gasteiger partial charge in [0.25, 0.3) is 0 Å². The van der Waals surface area contributed by atoms with Crippen LogP contribution in [0.2, 0.25) is 0 Å². The SMILES string of the molecule is c1ccc(-c2nc(-c3ccc(-c4ccc5c(c4)C4c6ccccc6C5c5cc(-c6ncccn6)ccc54)cc3)nc(-c3cccc4c3-c3ccccc3C4(c3ccccc3)c3ccccc3)n2)cc1. The van der Waals surface area contributed by atoms with Crippen LogP contribution in [0.15, 0.2) is 237 Å². The van der Waals surface area contributed by atoms with Crippen molar-refractivity contribution in [3.63, 3.8) is 0 Å². The molecule has 2 bridgehead atoms. The van der Waals surface area contributed by atoms with Crippen LogP contribution in [0.25, 0.3) is 67.8 Å². The fourth-order valence-electron chi connectivity index (χ4n) is 11.8. The van der Waals surface area contributed by atoms with E-state index in [0.717, 1.165) is 39.2 Å². The van der Waals surface area contributed by atoms with E-state index in [9.17, 15) is 0 Å². The molecule has 0 saturated heterocycles. The number of benzene rings is 9. The standard InChI is InChI=1S/C64H41N5/c1-4-16-41(17-5-1)61-67-62(69-63(68-61)52-25-14-27-56-59(52)51-24-12-13-26-55(51)64(56,45-18-6-2-7-19-45)46-20-8-3-9-21-46)42-30-28-40(29-31-42)43-32-34-49-53(38-43)57-47-22-10-11-23-48(47)58(49)54-39-44(33-35-50(54)57)60-65-36-15-37-66-60/h1-39,57-58H. The average molecular weight is 880 g/mol. The summed E-state index contributed by atoms with van der Waals surface area (Å²) in [5, 5.41) is 0. The van der Waals surface area contributed by atoms with Crippen molar-refractivity contribution in [3.8, 4) is 67.8 Å². The van der Waals surface area contributed by atoms with Crippen LogP contribution >= 0.6 is 0 Å². The molecule has 5 nitrogen and oxygen atoms in total. The van der Waals surface area contributed by atoms with Gasteiger partial charge >= 0.3 is 0 Å². The van der Waals surface area contributed by atoms with Gasteiger partial charge in [-0.2, -0.15) is 0 Å². The Morgan fingerprint density at radius 3 is 1.41 bits per heavy atom. The largest absolute Gasteiger partial charge is 0.237 e. The second-order valence-electron chi connectivity index (χ2n) is 18.3. The van der Waals surface area contributed by atoms with E-state index in [0.29, 0.717) is 17.5 Å². The third-order valence-electron chi connectivity index (χ3n) is 14.7. The maximum atomic E-state index is 5.37. The molecule has 2 aromatic heterocycles. The lowest BCUT2D eigenvalue weighted by Crippen LogP contribution is -2.28. The predicted molar refractivity (Wildman–Crippen MR) is 275 cm³/mol. The first-order chi connectivity index (χ1) is 34.2. The topological polar surface area (TPSA) is 64.5 Å². The molecule has 2 unspecified atom stereocenters. The highest BCUT2D eigenvalue weighted by molar-refractivity contribution is 5.94. The number of fused-ring (bicyclic) bond motifs is 3. The van der Waals surface area contributed by atoms with Crippen LogP contribution in [-0.4, -0.2) is 24.9 Å². The van der Waals surface area contributed by atoms with Crippen molar-refractivity contribution in [2.75, 3.05) is 0 Å². The molecule has 0 aliphatic heterocycles. The van der Waals surface area contributed by atoms with Crippen molar-refractivity contribution in [2.45, 2.75) is 17.3 Å². The summed E-state index contributed by atoms with van der Waals surface area (Å²) < 4.78 is 0. The van der Waals surface area contributed by atoms with E-state index in [2.05, 4.69) is 210 Å². The summed E-state index contributed by atoms with van der Waals surface area (Å²) in [5.74, 6) is 2.93. The zero-order valence-electron chi connectivity index (χ0n) is 37.4. The van der Waals surface area contributed by atoms with E-state index in [1.807, 2.05) is 36.7 Å². The van der Waals surface area contributed by atoms with Gasteiger partial charge in [-0.05, 0) is 96.1 Å². The highest BCUT2D eigenvalue weighted by Gasteiger charge is 2.47. The molecule has 0 N–H and O–H groups in total. The van der Waals surface area contributed by atoms with Crippen molar-refractivity contribution < 1.29 is 0 Å².